The van der Waals surface area contributed by atoms with E-state index in [4.69, 9.17) is 4.74 Å². The second kappa shape index (κ2) is 7.49. The number of hydrogen-bond acceptors (Lipinski definition) is 3. The Labute approximate surface area is 133 Å². The van der Waals surface area contributed by atoms with Crippen molar-refractivity contribution in [2.24, 2.45) is 0 Å². The molecular formula is C17H27N3O2. The van der Waals surface area contributed by atoms with Crippen LogP contribution in [0.25, 0.3) is 0 Å². The van der Waals surface area contributed by atoms with Gasteiger partial charge in [-0.3, -0.25) is 0 Å². The van der Waals surface area contributed by atoms with E-state index in [1.54, 1.807) is 7.11 Å². The monoisotopic (exact) mass is 305 g/mol. The van der Waals surface area contributed by atoms with E-state index in [0.29, 0.717) is 0 Å². The predicted molar refractivity (Wildman–Crippen MR) is 88.4 cm³/mol. The van der Waals surface area contributed by atoms with E-state index >= 15 is 0 Å². The fourth-order valence-corrected chi connectivity index (χ4v) is 2.81. The molecule has 1 N–H and O–H groups in total. The van der Waals surface area contributed by atoms with Crippen molar-refractivity contribution < 1.29 is 9.53 Å². The van der Waals surface area contributed by atoms with Gasteiger partial charge < -0.3 is 19.9 Å². The Kier molecular flexibility index (Phi) is 5.66. The summed E-state index contributed by atoms with van der Waals surface area (Å²) in [7, 11) is 1.66. The first kappa shape index (κ1) is 16.6. The molecular weight excluding hydrogens is 278 g/mol. The summed E-state index contributed by atoms with van der Waals surface area (Å²) in [6.07, 6.45) is 0. The lowest BCUT2D eigenvalue weighted by Crippen LogP contribution is -2.51. The number of hydrogen-bond donors (Lipinski definition) is 1. The van der Waals surface area contributed by atoms with Gasteiger partial charge >= 0.3 is 6.03 Å². The first-order valence-electron chi connectivity index (χ1n) is 7.97. The molecule has 0 saturated carbocycles. The minimum absolute atomic E-state index is 0.00631. The second-order valence-electron chi connectivity index (χ2n) is 5.84. The molecule has 1 heterocycles. The average molecular weight is 305 g/mol. The molecule has 1 saturated heterocycles. The lowest BCUT2D eigenvalue weighted by Gasteiger charge is -2.34. The highest BCUT2D eigenvalue weighted by Gasteiger charge is 2.22. The number of rotatable bonds is 4. The van der Waals surface area contributed by atoms with E-state index < -0.39 is 0 Å². The Bertz CT molecular complexity index is 511. The molecule has 0 aromatic heterocycles. The molecule has 1 fully saturated rings. The zero-order valence-corrected chi connectivity index (χ0v) is 14.1. The Morgan fingerprint density at radius 3 is 2.59 bits per heavy atom. The minimum atomic E-state index is -0.0773. The molecule has 1 aliphatic rings. The van der Waals surface area contributed by atoms with Gasteiger partial charge in [-0.2, -0.15) is 0 Å². The number of nitrogens with one attached hydrogen (secondary N) is 1. The number of likely N-dealkylation sites (N-methyl/N-ethyl adjacent to an activating group) is 1. The Hall–Kier alpha value is -1.75. The van der Waals surface area contributed by atoms with Gasteiger partial charge in [0, 0.05) is 31.7 Å². The topological polar surface area (TPSA) is 44.8 Å². The average Bonchev–Trinajstić information content (AvgIpc) is 2.54. The van der Waals surface area contributed by atoms with Crippen LogP contribution in [-0.2, 0) is 0 Å². The molecule has 2 amide bonds. The molecule has 5 heteroatoms. The summed E-state index contributed by atoms with van der Waals surface area (Å²) in [4.78, 5) is 16.7. The molecule has 1 aromatic rings. The van der Waals surface area contributed by atoms with Crippen LogP contribution >= 0.6 is 0 Å². The van der Waals surface area contributed by atoms with Crippen LogP contribution in [0.4, 0.5) is 4.79 Å². The van der Waals surface area contributed by atoms with Gasteiger partial charge in [-0.1, -0.05) is 24.6 Å². The van der Waals surface area contributed by atoms with Crippen LogP contribution in [0.1, 0.15) is 31.0 Å². The summed E-state index contributed by atoms with van der Waals surface area (Å²) in [6.45, 7) is 10.7. The van der Waals surface area contributed by atoms with Gasteiger partial charge in [0.25, 0.3) is 0 Å². The quantitative estimate of drug-likeness (QED) is 0.929. The Morgan fingerprint density at radius 1 is 1.32 bits per heavy atom. The van der Waals surface area contributed by atoms with Crippen molar-refractivity contribution in [2.45, 2.75) is 26.8 Å². The number of carbonyl (C=O) groups excluding carboxylic acids is 1. The third-order valence-electron chi connectivity index (χ3n) is 4.30. The SMILES string of the molecule is CCN1CCN(C(=O)NC(C)c2cc(C)ccc2OC)CC1. The number of piperazine rings is 1. The number of nitrogens with zero attached hydrogens (tertiary/aromatic N) is 2. The summed E-state index contributed by atoms with van der Waals surface area (Å²) < 4.78 is 5.41. The molecule has 5 nitrogen and oxygen atoms in total. The molecule has 1 aromatic carbocycles. The molecule has 1 unspecified atom stereocenters. The second-order valence-corrected chi connectivity index (χ2v) is 5.84. The van der Waals surface area contributed by atoms with Crippen LogP contribution in [0.15, 0.2) is 18.2 Å². The van der Waals surface area contributed by atoms with Gasteiger partial charge in [-0.15, -0.1) is 0 Å². The molecule has 0 bridgehead atoms. The van der Waals surface area contributed by atoms with Gasteiger partial charge in [0.2, 0.25) is 0 Å². The van der Waals surface area contributed by atoms with Crippen molar-refractivity contribution in [2.75, 3.05) is 39.8 Å². The smallest absolute Gasteiger partial charge is 0.317 e. The fourth-order valence-electron chi connectivity index (χ4n) is 2.81. The highest BCUT2D eigenvalue weighted by Crippen LogP contribution is 2.26. The lowest BCUT2D eigenvalue weighted by molar-refractivity contribution is 0.141. The molecule has 1 atom stereocenters. The molecule has 0 aliphatic carbocycles. The summed E-state index contributed by atoms with van der Waals surface area (Å²) in [6, 6.07) is 5.96. The third-order valence-corrected chi connectivity index (χ3v) is 4.30. The van der Waals surface area contributed by atoms with E-state index in [9.17, 15) is 4.79 Å². The van der Waals surface area contributed by atoms with Crippen LogP contribution in [-0.4, -0.2) is 55.7 Å². The number of ether oxygens (including phenoxy) is 1. The van der Waals surface area contributed by atoms with Crippen LogP contribution in [0.2, 0.25) is 0 Å². The summed E-state index contributed by atoms with van der Waals surface area (Å²) in [5.41, 5.74) is 2.18. The van der Waals surface area contributed by atoms with Crippen molar-refractivity contribution in [1.29, 1.82) is 0 Å². The van der Waals surface area contributed by atoms with Gasteiger partial charge in [0.05, 0.1) is 13.2 Å². The van der Waals surface area contributed by atoms with Crippen LogP contribution < -0.4 is 10.1 Å². The van der Waals surface area contributed by atoms with Gasteiger partial charge in [0.15, 0.2) is 0 Å². The third kappa shape index (κ3) is 3.91. The molecule has 2 rings (SSSR count). The maximum atomic E-state index is 12.4. The summed E-state index contributed by atoms with van der Waals surface area (Å²) in [5, 5.41) is 3.09. The molecule has 22 heavy (non-hydrogen) atoms. The minimum Gasteiger partial charge on any atom is -0.496 e. The van der Waals surface area contributed by atoms with E-state index in [2.05, 4.69) is 23.2 Å². The van der Waals surface area contributed by atoms with Crippen molar-refractivity contribution >= 4 is 6.03 Å². The summed E-state index contributed by atoms with van der Waals surface area (Å²) >= 11 is 0. The highest BCUT2D eigenvalue weighted by atomic mass is 16.5. The fraction of sp³-hybridized carbons (Fsp3) is 0.588. The van der Waals surface area contributed by atoms with Crippen molar-refractivity contribution in [1.82, 2.24) is 15.1 Å². The highest BCUT2D eigenvalue weighted by molar-refractivity contribution is 5.75. The van der Waals surface area contributed by atoms with Crippen molar-refractivity contribution in [3.63, 3.8) is 0 Å². The Morgan fingerprint density at radius 2 is 2.00 bits per heavy atom. The van der Waals surface area contributed by atoms with E-state index in [0.717, 1.165) is 49.6 Å². The van der Waals surface area contributed by atoms with Gasteiger partial charge in [0.1, 0.15) is 5.75 Å². The maximum Gasteiger partial charge on any atom is 0.317 e. The van der Waals surface area contributed by atoms with Crippen LogP contribution in [0.3, 0.4) is 0 Å². The molecule has 0 spiro atoms. The van der Waals surface area contributed by atoms with Crippen LogP contribution in [0, 0.1) is 6.92 Å². The first-order valence-corrected chi connectivity index (χ1v) is 7.97. The number of aryl methyl sites for hydroxylation is 1. The van der Waals surface area contributed by atoms with Crippen molar-refractivity contribution in [3.05, 3.63) is 29.3 Å². The summed E-state index contributed by atoms with van der Waals surface area (Å²) in [5.74, 6) is 0.814. The first-order chi connectivity index (χ1) is 10.5. The largest absolute Gasteiger partial charge is 0.496 e. The molecule has 1 aliphatic heterocycles. The zero-order valence-electron chi connectivity index (χ0n) is 14.1. The van der Waals surface area contributed by atoms with Crippen LogP contribution in [0.5, 0.6) is 5.75 Å². The standard InChI is InChI=1S/C17H27N3O2/c1-5-19-8-10-20(11-9-19)17(21)18-14(3)15-12-13(2)6-7-16(15)22-4/h6-7,12,14H,5,8-11H2,1-4H3,(H,18,21). The normalized spacial score (nSPS) is 17.2. The number of benzene rings is 1. The number of carbonyl (C=O) groups is 1. The Balaban J connectivity index is 1.98. The molecule has 0 radical (unpaired) electrons. The maximum absolute atomic E-state index is 12.4. The van der Waals surface area contributed by atoms with Gasteiger partial charge in [-0.25, -0.2) is 4.79 Å². The number of urea groups is 1. The predicted octanol–water partition coefficient (Wildman–Crippen LogP) is 2.41. The van der Waals surface area contributed by atoms with E-state index in [-0.39, 0.29) is 12.1 Å². The van der Waals surface area contributed by atoms with Crippen molar-refractivity contribution in [3.8, 4) is 5.75 Å². The number of methoxy groups -OCH3 is 1. The van der Waals surface area contributed by atoms with E-state index in [1.165, 1.54) is 0 Å². The lowest BCUT2D eigenvalue weighted by atomic mass is 10.0. The molecule has 122 valence electrons. The van der Waals surface area contributed by atoms with Gasteiger partial charge in [-0.05, 0) is 26.5 Å². The van der Waals surface area contributed by atoms with E-state index in [1.807, 2.05) is 30.9 Å². The zero-order chi connectivity index (χ0) is 16.1. The number of amides is 2.